The van der Waals surface area contributed by atoms with Crippen LogP contribution in [0.15, 0.2) is 71.6 Å². The van der Waals surface area contributed by atoms with Gasteiger partial charge in [-0.05, 0) is 49.4 Å². The number of halogens is 1. The number of nitrogens with one attached hydrogen (secondary N) is 2. The minimum Gasteiger partial charge on any atom is -0.319 e. The number of hydrogen-bond acceptors (Lipinski definition) is 5. The molecule has 10 heteroatoms. The van der Waals surface area contributed by atoms with Crippen molar-refractivity contribution in [2.75, 3.05) is 10.0 Å². The summed E-state index contributed by atoms with van der Waals surface area (Å²) in [5.74, 6) is -1.15. The van der Waals surface area contributed by atoms with E-state index in [0.717, 1.165) is 6.07 Å². The Bertz CT molecular complexity index is 1230. The zero-order chi connectivity index (χ0) is 21.9. The molecule has 0 spiro atoms. The maximum atomic E-state index is 13.6. The standard InChI is InChI=1S/C20H16FN3O5S/c1-13-6-11-16(12-19(13)24(26)27)30(28,29)23-15-9-7-14(8-10-15)20(25)22-18-5-3-2-4-17(18)21/h2-12,23H,1H3,(H,22,25). The van der Waals surface area contributed by atoms with Crippen molar-refractivity contribution in [1.29, 1.82) is 0 Å². The zero-order valence-corrected chi connectivity index (χ0v) is 16.4. The zero-order valence-electron chi connectivity index (χ0n) is 15.6. The molecule has 0 atom stereocenters. The van der Waals surface area contributed by atoms with Gasteiger partial charge in [-0.1, -0.05) is 18.2 Å². The molecule has 154 valence electrons. The van der Waals surface area contributed by atoms with Gasteiger partial charge in [0.1, 0.15) is 5.82 Å². The van der Waals surface area contributed by atoms with Gasteiger partial charge in [-0.3, -0.25) is 19.6 Å². The molecule has 0 saturated heterocycles. The molecular formula is C20H16FN3O5S. The average molecular weight is 429 g/mol. The molecule has 0 aliphatic heterocycles. The van der Waals surface area contributed by atoms with E-state index in [4.69, 9.17) is 0 Å². The molecule has 0 unspecified atom stereocenters. The third kappa shape index (κ3) is 4.61. The summed E-state index contributed by atoms with van der Waals surface area (Å²) >= 11 is 0. The quantitative estimate of drug-likeness (QED) is 0.452. The van der Waals surface area contributed by atoms with Gasteiger partial charge in [0.05, 0.1) is 15.5 Å². The fourth-order valence-corrected chi connectivity index (χ4v) is 3.69. The predicted octanol–water partition coefficient (Wildman–Crippen LogP) is 4.10. The Balaban J connectivity index is 1.76. The van der Waals surface area contributed by atoms with Gasteiger partial charge in [0.25, 0.3) is 21.6 Å². The maximum absolute atomic E-state index is 13.6. The number of benzene rings is 3. The van der Waals surface area contributed by atoms with E-state index in [9.17, 15) is 27.7 Å². The summed E-state index contributed by atoms with van der Waals surface area (Å²) < 4.78 is 41.0. The van der Waals surface area contributed by atoms with Crippen LogP contribution in [0.4, 0.5) is 21.5 Å². The highest BCUT2D eigenvalue weighted by Gasteiger charge is 2.20. The second-order valence-electron chi connectivity index (χ2n) is 6.32. The molecule has 0 bridgehead atoms. The molecular weight excluding hydrogens is 413 g/mol. The number of sulfonamides is 1. The maximum Gasteiger partial charge on any atom is 0.273 e. The molecule has 0 aliphatic carbocycles. The van der Waals surface area contributed by atoms with Crippen molar-refractivity contribution in [2.24, 2.45) is 0 Å². The Kier molecular flexibility index (Phi) is 5.79. The van der Waals surface area contributed by atoms with Gasteiger partial charge in [0.2, 0.25) is 0 Å². The van der Waals surface area contributed by atoms with Gasteiger partial charge >= 0.3 is 0 Å². The van der Waals surface area contributed by atoms with Crippen LogP contribution in [0.2, 0.25) is 0 Å². The third-order valence-electron chi connectivity index (χ3n) is 4.21. The lowest BCUT2D eigenvalue weighted by Crippen LogP contribution is -2.15. The number of nitro benzene ring substituents is 1. The molecule has 0 aromatic heterocycles. The van der Waals surface area contributed by atoms with Crippen molar-refractivity contribution < 1.29 is 22.5 Å². The largest absolute Gasteiger partial charge is 0.319 e. The van der Waals surface area contributed by atoms with E-state index in [1.807, 2.05) is 0 Å². The van der Waals surface area contributed by atoms with Crippen LogP contribution in [0, 0.1) is 22.9 Å². The highest BCUT2D eigenvalue weighted by atomic mass is 32.2. The van der Waals surface area contributed by atoms with Crippen molar-refractivity contribution in [3.8, 4) is 0 Å². The molecule has 30 heavy (non-hydrogen) atoms. The number of anilines is 2. The smallest absolute Gasteiger partial charge is 0.273 e. The number of aryl methyl sites for hydroxylation is 1. The van der Waals surface area contributed by atoms with E-state index < -0.39 is 26.7 Å². The van der Waals surface area contributed by atoms with Gasteiger partial charge in [-0.25, -0.2) is 12.8 Å². The summed E-state index contributed by atoms with van der Waals surface area (Å²) in [6.07, 6.45) is 0. The number of rotatable bonds is 6. The van der Waals surface area contributed by atoms with Crippen molar-refractivity contribution in [3.05, 3.63) is 93.8 Å². The Morgan fingerprint density at radius 2 is 1.70 bits per heavy atom. The van der Waals surface area contributed by atoms with Crippen LogP contribution in [0.3, 0.4) is 0 Å². The van der Waals surface area contributed by atoms with Crippen molar-refractivity contribution in [2.45, 2.75) is 11.8 Å². The molecule has 0 saturated carbocycles. The van der Waals surface area contributed by atoms with E-state index >= 15 is 0 Å². The van der Waals surface area contributed by atoms with Gasteiger partial charge in [-0.2, -0.15) is 0 Å². The van der Waals surface area contributed by atoms with Crippen LogP contribution in [-0.2, 0) is 10.0 Å². The number of amides is 1. The van der Waals surface area contributed by atoms with Crippen LogP contribution in [0.1, 0.15) is 15.9 Å². The summed E-state index contributed by atoms with van der Waals surface area (Å²) in [6, 6.07) is 14.7. The van der Waals surface area contributed by atoms with E-state index in [-0.39, 0.29) is 27.5 Å². The Labute approximate surface area is 171 Å². The molecule has 2 N–H and O–H groups in total. The average Bonchev–Trinajstić information content (AvgIpc) is 2.70. The number of carbonyl (C=O) groups excluding carboxylic acids is 1. The second-order valence-corrected chi connectivity index (χ2v) is 8.00. The Morgan fingerprint density at radius 3 is 2.33 bits per heavy atom. The normalized spacial score (nSPS) is 11.0. The van der Waals surface area contributed by atoms with E-state index in [1.54, 1.807) is 6.07 Å². The molecule has 0 radical (unpaired) electrons. The summed E-state index contributed by atoms with van der Waals surface area (Å²) in [4.78, 5) is 22.4. The lowest BCUT2D eigenvalue weighted by molar-refractivity contribution is -0.385. The SMILES string of the molecule is Cc1ccc(S(=O)(=O)Nc2ccc(C(=O)Nc3ccccc3F)cc2)cc1[N+](=O)[O-]. The Hall–Kier alpha value is -3.79. The van der Waals surface area contributed by atoms with Crippen molar-refractivity contribution >= 4 is 33.0 Å². The second kappa shape index (κ2) is 8.29. The predicted molar refractivity (Wildman–Crippen MR) is 109 cm³/mol. The first-order chi connectivity index (χ1) is 14.2. The van der Waals surface area contributed by atoms with Gasteiger partial charge in [0, 0.05) is 22.9 Å². The van der Waals surface area contributed by atoms with Crippen molar-refractivity contribution in [3.63, 3.8) is 0 Å². The molecule has 0 heterocycles. The van der Waals surface area contributed by atoms with Crippen LogP contribution in [-0.4, -0.2) is 19.2 Å². The van der Waals surface area contributed by atoms with Crippen molar-refractivity contribution in [1.82, 2.24) is 0 Å². The molecule has 0 aliphatic rings. The first-order valence-corrected chi connectivity index (χ1v) is 10.1. The first kappa shape index (κ1) is 20.9. The number of carbonyl (C=O) groups is 1. The van der Waals surface area contributed by atoms with E-state index in [2.05, 4.69) is 10.0 Å². The fourth-order valence-electron chi connectivity index (χ4n) is 2.61. The number of nitro groups is 1. The van der Waals surface area contributed by atoms with Crippen LogP contribution in [0.5, 0.6) is 0 Å². The lowest BCUT2D eigenvalue weighted by atomic mass is 10.2. The number of para-hydroxylation sites is 1. The first-order valence-electron chi connectivity index (χ1n) is 8.61. The summed E-state index contributed by atoms with van der Waals surface area (Å²) in [6.45, 7) is 1.51. The molecule has 8 nitrogen and oxygen atoms in total. The fraction of sp³-hybridized carbons (Fsp3) is 0.0500. The van der Waals surface area contributed by atoms with Gasteiger partial charge in [-0.15, -0.1) is 0 Å². The van der Waals surface area contributed by atoms with E-state index in [0.29, 0.717) is 5.56 Å². The van der Waals surface area contributed by atoms with Gasteiger partial charge in [0.15, 0.2) is 0 Å². The number of nitrogens with zero attached hydrogens (tertiary/aromatic N) is 1. The molecule has 1 amide bonds. The topological polar surface area (TPSA) is 118 Å². The third-order valence-corrected chi connectivity index (χ3v) is 5.59. The number of hydrogen-bond donors (Lipinski definition) is 2. The minimum atomic E-state index is -4.08. The minimum absolute atomic E-state index is 0.0215. The molecule has 3 aromatic carbocycles. The highest BCUT2D eigenvalue weighted by molar-refractivity contribution is 7.92. The molecule has 0 fully saturated rings. The summed E-state index contributed by atoms with van der Waals surface area (Å²) in [5.41, 5.74) is 0.392. The lowest BCUT2D eigenvalue weighted by Gasteiger charge is -2.10. The van der Waals surface area contributed by atoms with Crippen LogP contribution >= 0.6 is 0 Å². The Morgan fingerprint density at radius 1 is 1.03 bits per heavy atom. The molecule has 3 rings (SSSR count). The van der Waals surface area contributed by atoms with Crippen LogP contribution < -0.4 is 10.0 Å². The van der Waals surface area contributed by atoms with E-state index in [1.165, 1.54) is 61.5 Å². The highest BCUT2D eigenvalue weighted by Crippen LogP contribution is 2.24. The monoisotopic (exact) mass is 429 g/mol. The van der Waals surface area contributed by atoms with Crippen LogP contribution in [0.25, 0.3) is 0 Å². The summed E-state index contributed by atoms with van der Waals surface area (Å²) in [5, 5.41) is 13.5. The van der Waals surface area contributed by atoms with Gasteiger partial charge < -0.3 is 5.32 Å². The summed E-state index contributed by atoms with van der Waals surface area (Å²) in [7, 11) is -4.08. The molecule has 3 aromatic rings.